The van der Waals surface area contributed by atoms with E-state index < -0.39 is 11.6 Å². The monoisotopic (exact) mass is 294 g/mol. The van der Waals surface area contributed by atoms with Gasteiger partial charge in [-0.3, -0.25) is 0 Å². The van der Waals surface area contributed by atoms with Crippen LogP contribution in [0.3, 0.4) is 0 Å². The lowest BCUT2D eigenvalue weighted by Gasteiger charge is -2.31. The zero-order valence-electron chi connectivity index (χ0n) is 12.7. The van der Waals surface area contributed by atoms with Crippen molar-refractivity contribution in [3.8, 4) is 0 Å². The minimum Gasteiger partial charge on any atom is -0.306 e. The first-order valence-corrected chi connectivity index (χ1v) is 7.97. The first kappa shape index (κ1) is 14.9. The zero-order chi connectivity index (χ0) is 14.8. The Labute approximate surface area is 125 Å². The largest absolute Gasteiger partial charge is 0.306 e. The van der Waals surface area contributed by atoms with Crippen LogP contribution < -0.4 is 0 Å². The Morgan fingerprint density at radius 2 is 1.81 bits per heavy atom. The van der Waals surface area contributed by atoms with Gasteiger partial charge in [0.05, 0.1) is 0 Å². The van der Waals surface area contributed by atoms with Gasteiger partial charge in [-0.1, -0.05) is 6.07 Å². The summed E-state index contributed by atoms with van der Waals surface area (Å²) in [7, 11) is 2.19. The normalized spacial score (nSPS) is 27.0. The van der Waals surface area contributed by atoms with Crippen LogP contribution in [0.25, 0.3) is 0 Å². The Balaban J connectivity index is 1.48. The van der Waals surface area contributed by atoms with E-state index in [9.17, 15) is 8.78 Å². The smallest absolute Gasteiger partial charge is 0.129 e. The number of hydrogen-bond donors (Lipinski definition) is 0. The molecule has 0 aliphatic carbocycles. The van der Waals surface area contributed by atoms with Gasteiger partial charge in [-0.25, -0.2) is 8.78 Å². The van der Waals surface area contributed by atoms with Crippen LogP contribution >= 0.6 is 0 Å². The van der Waals surface area contributed by atoms with Crippen molar-refractivity contribution in [2.24, 2.45) is 11.8 Å². The average Bonchev–Trinajstić information content (AvgIpc) is 2.84. The molecule has 0 aromatic heterocycles. The quantitative estimate of drug-likeness (QED) is 0.842. The molecule has 0 unspecified atom stereocenters. The number of piperidine rings is 1. The molecule has 2 nitrogen and oxygen atoms in total. The van der Waals surface area contributed by atoms with E-state index in [2.05, 4.69) is 16.8 Å². The highest BCUT2D eigenvalue weighted by molar-refractivity contribution is 5.19. The highest BCUT2D eigenvalue weighted by atomic mass is 19.1. The van der Waals surface area contributed by atoms with Crippen LogP contribution in [0.5, 0.6) is 0 Å². The second-order valence-corrected chi connectivity index (χ2v) is 6.63. The molecule has 0 N–H and O–H groups in total. The van der Waals surface area contributed by atoms with Crippen LogP contribution in [-0.2, 0) is 6.42 Å². The van der Waals surface area contributed by atoms with Crippen molar-refractivity contribution >= 4 is 0 Å². The highest BCUT2D eigenvalue weighted by Gasteiger charge is 2.35. The van der Waals surface area contributed by atoms with Gasteiger partial charge in [0.25, 0.3) is 0 Å². The minimum absolute atomic E-state index is 0.244. The fourth-order valence-electron chi connectivity index (χ4n) is 3.88. The molecule has 3 rings (SSSR count). The summed E-state index contributed by atoms with van der Waals surface area (Å²) in [5, 5.41) is 0. The molecule has 0 radical (unpaired) electrons. The number of rotatable bonds is 4. The molecule has 2 fully saturated rings. The van der Waals surface area contributed by atoms with E-state index >= 15 is 0 Å². The highest BCUT2D eigenvalue weighted by Crippen LogP contribution is 2.30. The predicted octanol–water partition coefficient (Wildman–Crippen LogP) is 2.78. The minimum atomic E-state index is -0.410. The van der Waals surface area contributed by atoms with Crippen molar-refractivity contribution in [2.75, 3.05) is 39.8 Å². The molecule has 0 saturated carbocycles. The van der Waals surface area contributed by atoms with Gasteiger partial charge in [-0.05, 0) is 63.4 Å². The molecule has 21 heavy (non-hydrogen) atoms. The lowest BCUT2D eigenvalue weighted by Crippen LogP contribution is -2.37. The predicted molar refractivity (Wildman–Crippen MR) is 80.2 cm³/mol. The second kappa shape index (κ2) is 6.41. The van der Waals surface area contributed by atoms with Crippen LogP contribution in [0.4, 0.5) is 8.78 Å². The van der Waals surface area contributed by atoms with Gasteiger partial charge in [-0.15, -0.1) is 0 Å². The molecule has 2 aliphatic heterocycles. The van der Waals surface area contributed by atoms with Crippen LogP contribution in [0, 0.1) is 23.5 Å². The third-order valence-corrected chi connectivity index (χ3v) is 5.04. The Morgan fingerprint density at radius 1 is 1.10 bits per heavy atom. The first-order valence-electron chi connectivity index (χ1n) is 7.97. The summed E-state index contributed by atoms with van der Waals surface area (Å²) in [5.74, 6) is 0.791. The Kier molecular flexibility index (Phi) is 4.55. The molecular formula is C17H24F2N2. The Hall–Kier alpha value is -1.00. The number of hydrogen-bond acceptors (Lipinski definition) is 2. The summed E-state index contributed by atoms with van der Waals surface area (Å²) >= 11 is 0. The molecule has 0 spiro atoms. The van der Waals surface area contributed by atoms with Gasteiger partial charge in [0, 0.05) is 25.2 Å². The van der Waals surface area contributed by atoms with Crippen LogP contribution in [-0.4, -0.2) is 49.6 Å². The van der Waals surface area contributed by atoms with E-state index in [1.165, 1.54) is 37.7 Å². The molecule has 2 atom stereocenters. The summed E-state index contributed by atoms with van der Waals surface area (Å²) in [5.41, 5.74) is 0.244. The van der Waals surface area contributed by atoms with Crippen molar-refractivity contribution in [3.63, 3.8) is 0 Å². The van der Waals surface area contributed by atoms with E-state index in [1.807, 2.05) is 0 Å². The average molecular weight is 294 g/mol. The van der Waals surface area contributed by atoms with Crippen molar-refractivity contribution in [3.05, 3.63) is 35.4 Å². The summed E-state index contributed by atoms with van der Waals surface area (Å²) in [6.45, 7) is 5.66. The lowest BCUT2D eigenvalue weighted by molar-refractivity contribution is 0.178. The third kappa shape index (κ3) is 3.43. The van der Waals surface area contributed by atoms with E-state index in [-0.39, 0.29) is 5.56 Å². The number of fused-ring (bicyclic) bond motifs is 1. The topological polar surface area (TPSA) is 6.48 Å². The van der Waals surface area contributed by atoms with Gasteiger partial charge in [-0.2, -0.15) is 0 Å². The van der Waals surface area contributed by atoms with E-state index in [1.54, 1.807) is 0 Å². The van der Waals surface area contributed by atoms with Gasteiger partial charge in [0.15, 0.2) is 0 Å². The molecule has 2 saturated heterocycles. The van der Waals surface area contributed by atoms with Crippen molar-refractivity contribution < 1.29 is 8.78 Å². The van der Waals surface area contributed by atoms with Crippen LogP contribution in [0.1, 0.15) is 18.4 Å². The number of nitrogens with zero attached hydrogens (tertiary/aromatic N) is 2. The Morgan fingerprint density at radius 3 is 2.57 bits per heavy atom. The van der Waals surface area contributed by atoms with Crippen molar-refractivity contribution in [1.82, 2.24) is 9.80 Å². The molecule has 0 bridgehead atoms. The fraction of sp³-hybridized carbons (Fsp3) is 0.647. The summed E-state index contributed by atoms with van der Waals surface area (Å²) < 4.78 is 27.2. The van der Waals surface area contributed by atoms with Gasteiger partial charge < -0.3 is 9.80 Å². The summed E-state index contributed by atoms with van der Waals surface area (Å²) in [6.07, 6.45) is 2.61. The number of likely N-dealkylation sites (tertiary alicyclic amines) is 2. The molecule has 1 aromatic rings. The molecule has 116 valence electrons. The second-order valence-electron chi connectivity index (χ2n) is 6.63. The standard InChI is InChI=1S/C17H24F2N2/c1-20-9-7-13-11-21(12-14(13)10-20)8-3-4-15-16(18)5-2-6-17(15)19/h2,5-6,13-14H,3-4,7-12H2,1H3/t13-,14+/m1/s1. The van der Waals surface area contributed by atoms with Gasteiger partial charge in [0.2, 0.25) is 0 Å². The van der Waals surface area contributed by atoms with E-state index in [0.717, 1.165) is 37.9 Å². The van der Waals surface area contributed by atoms with E-state index in [0.29, 0.717) is 6.42 Å². The number of benzene rings is 1. The molecule has 2 heterocycles. The number of halogens is 2. The van der Waals surface area contributed by atoms with Gasteiger partial charge >= 0.3 is 0 Å². The summed E-state index contributed by atoms with van der Waals surface area (Å²) in [6, 6.07) is 4.12. The Bertz CT molecular complexity index is 471. The summed E-state index contributed by atoms with van der Waals surface area (Å²) in [4.78, 5) is 4.90. The van der Waals surface area contributed by atoms with Crippen LogP contribution in [0.2, 0.25) is 0 Å². The third-order valence-electron chi connectivity index (χ3n) is 5.04. The van der Waals surface area contributed by atoms with Crippen LogP contribution in [0.15, 0.2) is 18.2 Å². The maximum absolute atomic E-state index is 13.6. The molecule has 1 aromatic carbocycles. The maximum Gasteiger partial charge on any atom is 0.129 e. The van der Waals surface area contributed by atoms with Crippen molar-refractivity contribution in [2.45, 2.75) is 19.3 Å². The first-order chi connectivity index (χ1) is 10.1. The molecule has 4 heteroatoms. The SMILES string of the molecule is CN1CC[C@@H]2CN(CCCc3c(F)cccc3F)C[C@@H]2C1. The van der Waals surface area contributed by atoms with Crippen molar-refractivity contribution in [1.29, 1.82) is 0 Å². The van der Waals surface area contributed by atoms with Gasteiger partial charge in [0.1, 0.15) is 11.6 Å². The molecule has 0 amide bonds. The maximum atomic E-state index is 13.6. The zero-order valence-corrected chi connectivity index (χ0v) is 12.7. The fourth-order valence-corrected chi connectivity index (χ4v) is 3.88. The molecular weight excluding hydrogens is 270 g/mol. The molecule has 2 aliphatic rings. The lowest BCUT2D eigenvalue weighted by atomic mass is 9.89. The van der Waals surface area contributed by atoms with E-state index in [4.69, 9.17) is 0 Å².